The van der Waals surface area contributed by atoms with Gasteiger partial charge in [0.25, 0.3) is 0 Å². The summed E-state index contributed by atoms with van der Waals surface area (Å²) in [5.41, 5.74) is 5.88. The third kappa shape index (κ3) is 4.38. The van der Waals surface area contributed by atoms with Crippen molar-refractivity contribution in [3.63, 3.8) is 0 Å². The fraction of sp³-hybridized carbons (Fsp3) is 0.276. The van der Waals surface area contributed by atoms with Crippen molar-refractivity contribution >= 4 is 17.6 Å². The Labute approximate surface area is 196 Å². The number of hydrogen-bond acceptors (Lipinski definition) is 4. The molecule has 168 valence electrons. The lowest BCUT2D eigenvalue weighted by Crippen LogP contribution is -2.28. The topological polar surface area (TPSA) is 42.8 Å². The van der Waals surface area contributed by atoms with Gasteiger partial charge >= 0.3 is 0 Å². The molecule has 0 saturated carbocycles. The summed E-state index contributed by atoms with van der Waals surface area (Å²) in [5.74, 6) is 2.56. The van der Waals surface area contributed by atoms with Crippen molar-refractivity contribution in [2.24, 2.45) is 10.9 Å². The van der Waals surface area contributed by atoms with Crippen LogP contribution in [0.4, 0.5) is 11.4 Å². The number of aliphatic imine (C=N–C) groups is 1. The lowest BCUT2D eigenvalue weighted by atomic mass is 9.77. The molecule has 0 bridgehead atoms. The maximum Gasteiger partial charge on any atom is 0.161 e. The van der Waals surface area contributed by atoms with Gasteiger partial charge in [-0.15, -0.1) is 0 Å². The Morgan fingerprint density at radius 1 is 0.939 bits per heavy atom. The van der Waals surface area contributed by atoms with Crippen LogP contribution in [0.2, 0.25) is 0 Å². The molecular weight excluding hydrogens is 408 g/mol. The largest absolute Gasteiger partial charge is 0.490 e. The molecule has 33 heavy (non-hydrogen) atoms. The molecule has 1 aliphatic heterocycles. The fourth-order valence-corrected chi connectivity index (χ4v) is 4.94. The Hall–Kier alpha value is -3.53. The number of benzene rings is 3. The van der Waals surface area contributed by atoms with Crippen molar-refractivity contribution in [1.29, 1.82) is 0 Å². The van der Waals surface area contributed by atoms with Crippen LogP contribution in [0.25, 0.3) is 0 Å². The monoisotopic (exact) mass is 438 g/mol. The number of fused-ring (bicyclic) bond motifs is 3. The summed E-state index contributed by atoms with van der Waals surface area (Å²) in [4.78, 5) is 4.69. The number of nitrogens with one attached hydrogen (secondary N) is 1. The van der Waals surface area contributed by atoms with E-state index in [9.17, 15) is 0 Å². The zero-order chi connectivity index (χ0) is 22.6. The van der Waals surface area contributed by atoms with Gasteiger partial charge in [-0.1, -0.05) is 42.5 Å². The number of ether oxygens (including phenoxy) is 2. The van der Waals surface area contributed by atoms with Crippen LogP contribution in [0.15, 0.2) is 83.9 Å². The third-order valence-electron chi connectivity index (χ3n) is 6.45. The van der Waals surface area contributed by atoms with Crippen LogP contribution >= 0.6 is 0 Å². The van der Waals surface area contributed by atoms with Crippen LogP contribution in [0, 0.1) is 5.92 Å². The van der Waals surface area contributed by atoms with Gasteiger partial charge in [0.1, 0.15) is 0 Å². The second-order valence-corrected chi connectivity index (χ2v) is 8.48. The molecular formula is C29H30N2O2. The van der Waals surface area contributed by atoms with Gasteiger partial charge in [-0.05, 0) is 79.3 Å². The van der Waals surface area contributed by atoms with Gasteiger partial charge in [0.05, 0.1) is 24.9 Å². The summed E-state index contributed by atoms with van der Waals surface area (Å²) >= 11 is 0. The van der Waals surface area contributed by atoms with Crippen molar-refractivity contribution in [1.82, 2.24) is 0 Å². The molecule has 4 heteroatoms. The maximum atomic E-state index is 5.73. The van der Waals surface area contributed by atoms with E-state index >= 15 is 0 Å². The Kier molecular flexibility index (Phi) is 6.16. The SMILES string of the molecule is CCOc1ccc(C=Nc2ccc([C@@H]3Nc4ccccc4[C@@H]4C=CC[C@@H]43)cc2)cc1OCC. The Bertz CT molecular complexity index is 1170. The molecule has 3 aromatic carbocycles. The predicted octanol–water partition coefficient (Wildman–Crippen LogP) is 7.06. The first-order valence-electron chi connectivity index (χ1n) is 11.8. The first kappa shape index (κ1) is 21.3. The zero-order valence-corrected chi connectivity index (χ0v) is 19.2. The second-order valence-electron chi connectivity index (χ2n) is 8.48. The third-order valence-corrected chi connectivity index (χ3v) is 6.45. The van der Waals surface area contributed by atoms with Crippen LogP contribution < -0.4 is 14.8 Å². The molecule has 5 rings (SSSR count). The van der Waals surface area contributed by atoms with E-state index in [1.165, 1.54) is 16.8 Å². The quantitative estimate of drug-likeness (QED) is 0.317. The molecule has 0 amide bonds. The van der Waals surface area contributed by atoms with Gasteiger partial charge in [0, 0.05) is 17.8 Å². The molecule has 3 aromatic rings. The van der Waals surface area contributed by atoms with E-state index in [0.29, 0.717) is 31.1 Å². The van der Waals surface area contributed by atoms with Crippen LogP contribution in [0.5, 0.6) is 11.5 Å². The fourth-order valence-electron chi connectivity index (χ4n) is 4.94. The number of para-hydroxylation sites is 1. The summed E-state index contributed by atoms with van der Waals surface area (Å²) in [6.07, 6.45) is 7.69. The first-order chi connectivity index (χ1) is 16.3. The average Bonchev–Trinajstić information content (AvgIpc) is 3.35. The highest BCUT2D eigenvalue weighted by atomic mass is 16.5. The number of nitrogens with zero attached hydrogens (tertiary/aromatic N) is 1. The molecule has 1 heterocycles. The van der Waals surface area contributed by atoms with Gasteiger partial charge in [0.15, 0.2) is 11.5 Å². The van der Waals surface area contributed by atoms with E-state index in [4.69, 9.17) is 9.47 Å². The van der Waals surface area contributed by atoms with E-state index in [1.807, 2.05) is 38.3 Å². The number of hydrogen-bond donors (Lipinski definition) is 1. The zero-order valence-electron chi connectivity index (χ0n) is 19.2. The Balaban J connectivity index is 1.33. The van der Waals surface area contributed by atoms with Crippen molar-refractivity contribution in [3.8, 4) is 11.5 Å². The number of anilines is 1. The molecule has 1 aliphatic carbocycles. The van der Waals surface area contributed by atoms with E-state index in [1.54, 1.807) is 0 Å². The summed E-state index contributed by atoms with van der Waals surface area (Å²) in [7, 11) is 0. The van der Waals surface area contributed by atoms with E-state index < -0.39 is 0 Å². The minimum Gasteiger partial charge on any atom is -0.490 e. The summed E-state index contributed by atoms with van der Waals surface area (Å²) in [5, 5.41) is 3.79. The standard InChI is InChI=1S/C29H30N2O2/c1-3-32-27-17-12-20(18-28(27)33-4-2)19-30-22-15-13-21(14-16-22)29-25-10-7-9-23(25)24-8-5-6-11-26(24)31-29/h5-9,11-19,23,25,29,31H,3-4,10H2,1-2H3/t23-,25-,29-/m0/s1. The van der Waals surface area contributed by atoms with E-state index in [2.05, 4.69) is 71.0 Å². The van der Waals surface area contributed by atoms with Crippen molar-refractivity contribution in [3.05, 3.63) is 95.6 Å². The molecule has 0 radical (unpaired) electrons. The molecule has 0 spiro atoms. The molecule has 2 aliphatic rings. The average molecular weight is 439 g/mol. The summed E-state index contributed by atoms with van der Waals surface area (Å²) < 4.78 is 11.4. The van der Waals surface area contributed by atoms with Crippen LogP contribution in [-0.4, -0.2) is 19.4 Å². The summed E-state index contributed by atoms with van der Waals surface area (Å²) in [6, 6.07) is 23.5. The Morgan fingerprint density at radius 3 is 2.55 bits per heavy atom. The minimum atomic E-state index is 0.304. The minimum absolute atomic E-state index is 0.304. The van der Waals surface area contributed by atoms with Crippen LogP contribution in [-0.2, 0) is 0 Å². The lowest BCUT2D eigenvalue weighted by molar-refractivity contribution is 0.288. The Morgan fingerprint density at radius 2 is 1.73 bits per heavy atom. The highest BCUT2D eigenvalue weighted by Gasteiger charge is 2.37. The van der Waals surface area contributed by atoms with Gasteiger partial charge in [0.2, 0.25) is 0 Å². The smallest absolute Gasteiger partial charge is 0.161 e. The van der Waals surface area contributed by atoms with Crippen molar-refractivity contribution in [2.75, 3.05) is 18.5 Å². The first-order valence-corrected chi connectivity index (χ1v) is 11.8. The molecule has 0 aromatic heterocycles. The number of allylic oxidation sites excluding steroid dienone is 2. The van der Waals surface area contributed by atoms with Gasteiger partial charge in [-0.25, -0.2) is 0 Å². The van der Waals surface area contributed by atoms with Crippen molar-refractivity contribution in [2.45, 2.75) is 32.2 Å². The highest BCUT2D eigenvalue weighted by molar-refractivity contribution is 5.83. The second kappa shape index (κ2) is 9.53. The van der Waals surface area contributed by atoms with Gasteiger partial charge in [-0.3, -0.25) is 4.99 Å². The molecule has 0 fully saturated rings. The molecule has 0 saturated heterocycles. The molecule has 4 nitrogen and oxygen atoms in total. The van der Waals surface area contributed by atoms with Crippen molar-refractivity contribution < 1.29 is 9.47 Å². The molecule has 3 atom stereocenters. The highest BCUT2D eigenvalue weighted by Crippen LogP contribution is 2.49. The predicted molar refractivity (Wildman–Crippen MR) is 135 cm³/mol. The van der Waals surface area contributed by atoms with E-state index in [0.717, 1.165) is 29.2 Å². The normalized spacial score (nSPS) is 20.8. The van der Waals surface area contributed by atoms with Gasteiger partial charge in [-0.2, -0.15) is 0 Å². The van der Waals surface area contributed by atoms with Gasteiger partial charge < -0.3 is 14.8 Å². The summed E-state index contributed by atoms with van der Waals surface area (Å²) in [6.45, 7) is 5.15. The van der Waals surface area contributed by atoms with Crippen LogP contribution in [0.3, 0.4) is 0 Å². The molecule has 1 N–H and O–H groups in total. The molecule has 0 unspecified atom stereocenters. The van der Waals surface area contributed by atoms with Crippen LogP contribution in [0.1, 0.15) is 48.9 Å². The van der Waals surface area contributed by atoms with E-state index in [-0.39, 0.29) is 0 Å². The number of rotatable bonds is 7. The maximum absolute atomic E-state index is 5.73. The lowest BCUT2D eigenvalue weighted by Gasteiger charge is -2.37.